The van der Waals surface area contributed by atoms with E-state index in [0.717, 1.165) is 13.0 Å². The SMILES string of the molecule is C#CC(CC)NCC(C)(C)CC. The lowest BCUT2D eigenvalue weighted by Gasteiger charge is -2.24. The Balaban J connectivity index is 3.75. The molecule has 0 aliphatic heterocycles. The first-order valence-corrected chi connectivity index (χ1v) is 4.75. The van der Waals surface area contributed by atoms with Crippen molar-refractivity contribution in [3.8, 4) is 12.3 Å². The number of hydrogen-bond donors (Lipinski definition) is 1. The first-order valence-electron chi connectivity index (χ1n) is 4.75. The lowest BCUT2D eigenvalue weighted by Crippen LogP contribution is -2.35. The average Bonchev–Trinajstić information content (AvgIpc) is 2.06. The van der Waals surface area contributed by atoms with E-state index in [1.165, 1.54) is 6.42 Å². The number of terminal acetylenes is 1. The molecule has 0 aromatic heterocycles. The summed E-state index contributed by atoms with van der Waals surface area (Å²) >= 11 is 0. The van der Waals surface area contributed by atoms with Gasteiger partial charge in [-0.2, -0.15) is 0 Å². The van der Waals surface area contributed by atoms with Crippen LogP contribution in [0.2, 0.25) is 0 Å². The van der Waals surface area contributed by atoms with E-state index in [9.17, 15) is 0 Å². The number of hydrogen-bond acceptors (Lipinski definition) is 1. The third kappa shape index (κ3) is 4.41. The second kappa shape index (κ2) is 5.22. The fraction of sp³-hybridized carbons (Fsp3) is 0.818. The van der Waals surface area contributed by atoms with Crippen LogP contribution in [0, 0.1) is 17.8 Å². The Morgan fingerprint density at radius 1 is 1.42 bits per heavy atom. The van der Waals surface area contributed by atoms with Gasteiger partial charge in [-0.25, -0.2) is 0 Å². The fourth-order valence-corrected chi connectivity index (χ4v) is 0.846. The van der Waals surface area contributed by atoms with E-state index in [-0.39, 0.29) is 6.04 Å². The summed E-state index contributed by atoms with van der Waals surface area (Å²) in [4.78, 5) is 0. The molecule has 0 rings (SSSR count). The molecule has 0 heterocycles. The van der Waals surface area contributed by atoms with Gasteiger partial charge in [0.15, 0.2) is 0 Å². The molecule has 0 aromatic carbocycles. The van der Waals surface area contributed by atoms with Gasteiger partial charge >= 0.3 is 0 Å². The standard InChI is InChI=1S/C11H21N/c1-6-10(7-2)12-9-11(4,5)8-3/h1,10,12H,7-9H2,2-5H3. The fourth-order valence-electron chi connectivity index (χ4n) is 0.846. The van der Waals surface area contributed by atoms with Crippen molar-refractivity contribution >= 4 is 0 Å². The molecule has 0 bridgehead atoms. The Labute approximate surface area is 76.9 Å². The Kier molecular flexibility index (Phi) is 5.01. The highest BCUT2D eigenvalue weighted by atomic mass is 14.9. The van der Waals surface area contributed by atoms with Gasteiger partial charge in [-0.1, -0.05) is 33.6 Å². The van der Waals surface area contributed by atoms with Crippen LogP contribution in [0.15, 0.2) is 0 Å². The van der Waals surface area contributed by atoms with Crippen LogP contribution in [0.3, 0.4) is 0 Å². The van der Waals surface area contributed by atoms with Crippen LogP contribution in [-0.4, -0.2) is 12.6 Å². The molecule has 0 saturated carbocycles. The highest BCUT2D eigenvalue weighted by molar-refractivity contribution is 4.98. The monoisotopic (exact) mass is 167 g/mol. The van der Waals surface area contributed by atoms with Crippen molar-refractivity contribution in [1.82, 2.24) is 5.32 Å². The molecule has 0 aromatic rings. The molecule has 1 atom stereocenters. The molecule has 0 amide bonds. The van der Waals surface area contributed by atoms with E-state index in [4.69, 9.17) is 6.42 Å². The second-order valence-electron chi connectivity index (χ2n) is 4.03. The van der Waals surface area contributed by atoms with E-state index in [2.05, 4.69) is 38.9 Å². The van der Waals surface area contributed by atoms with Crippen LogP contribution in [-0.2, 0) is 0 Å². The lowest BCUT2D eigenvalue weighted by molar-refractivity contribution is 0.319. The van der Waals surface area contributed by atoms with Crippen LogP contribution >= 0.6 is 0 Å². The smallest absolute Gasteiger partial charge is 0.0684 e. The van der Waals surface area contributed by atoms with Crippen molar-refractivity contribution in [1.29, 1.82) is 0 Å². The highest BCUT2D eigenvalue weighted by Crippen LogP contribution is 2.17. The van der Waals surface area contributed by atoms with Gasteiger partial charge in [0, 0.05) is 6.54 Å². The van der Waals surface area contributed by atoms with Gasteiger partial charge in [-0.3, -0.25) is 0 Å². The first-order chi connectivity index (χ1) is 5.55. The minimum atomic E-state index is 0.246. The van der Waals surface area contributed by atoms with E-state index >= 15 is 0 Å². The normalized spacial score (nSPS) is 13.9. The number of nitrogens with one attached hydrogen (secondary N) is 1. The van der Waals surface area contributed by atoms with E-state index in [1.54, 1.807) is 0 Å². The molecule has 0 saturated heterocycles. The van der Waals surface area contributed by atoms with Crippen LogP contribution in [0.1, 0.15) is 40.5 Å². The van der Waals surface area contributed by atoms with Crippen molar-refractivity contribution in [2.75, 3.05) is 6.54 Å². The summed E-state index contributed by atoms with van der Waals surface area (Å²) in [5.74, 6) is 2.74. The van der Waals surface area contributed by atoms with Gasteiger partial charge in [0.2, 0.25) is 0 Å². The topological polar surface area (TPSA) is 12.0 Å². The molecule has 0 fully saturated rings. The van der Waals surface area contributed by atoms with Gasteiger partial charge in [-0.05, 0) is 18.3 Å². The summed E-state index contributed by atoms with van der Waals surface area (Å²) in [5, 5.41) is 3.37. The summed E-state index contributed by atoms with van der Waals surface area (Å²) in [7, 11) is 0. The predicted octanol–water partition coefficient (Wildman–Crippen LogP) is 2.42. The van der Waals surface area contributed by atoms with Crippen molar-refractivity contribution < 1.29 is 0 Å². The summed E-state index contributed by atoms with van der Waals surface area (Å²) in [6.07, 6.45) is 7.53. The Morgan fingerprint density at radius 3 is 2.33 bits per heavy atom. The van der Waals surface area contributed by atoms with E-state index < -0.39 is 0 Å². The molecular weight excluding hydrogens is 146 g/mol. The highest BCUT2D eigenvalue weighted by Gasteiger charge is 2.15. The van der Waals surface area contributed by atoms with Crippen molar-refractivity contribution in [2.45, 2.75) is 46.6 Å². The molecule has 0 spiro atoms. The van der Waals surface area contributed by atoms with Crippen LogP contribution in [0.4, 0.5) is 0 Å². The average molecular weight is 167 g/mol. The third-order valence-electron chi connectivity index (χ3n) is 2.39. The zero-order chi connectivity index (χ0) is 9.61. The first kappa shape index (κ1) is 11.5. The van der Waals surface area contributed by atoms with Crippen molar-refractivity contribution in [3.05, 3.63) is 0 Å². The maximum atomic E-state index is 5.34. The molecular formula is C11H21N. The second-order valence-corrected chi connectivity index (χ2v) is 4.03. The maximum absolute atomic E-state index is 5.34. The number of rotatable bonds is 5. The molecule has 1 nitrogen and oxygen atoms in total. The quantitative estimate of drug-likeness (QED) is 0.620. The molecule has 12 heavy (non-hydrogen) atoms. The summed E-state index contributed by atoms with van der Waals surface area (Å²) in [6, 6.07) is 0.246. The molecule has 1 unspecified atom stereocenters. The molecule has 1 heteroatoms. The van der Waals surface area contributed by atoms with Crippen LogP contribution < -0.4 is 5.32 Å². The van der Waals surface area contributed by atoms with E-state index in [1.807, 2.05) is 0 Å². The minimum absolute atomic E-state index is 0.246. The Bertz CT molecular complexity index is 153. The zero-order valence-electron chi connectivity index (χ0n) is 8.78. The van der Waals surface area contributed by atoms with E-state index in [0.29, 0.717) is 5.41 Å². The summed E-state index contributed by atoms with van der Waals surface area (Å²) in [6.45, 7) is 9.83. The van der Waals surface area contributed by atoms with Gasteiger partial charge in [0.05, 0.1) is 6.04 Å². The van der Waals surface area contributed by atoms with Gasteiger partial charge in [0.1, 0.15) is 0 Å². The summed E-state index contributed by atoms with van der Waals surface area (Å²) in [5.41, 5.74) is 0.365. The maximum Gasteiger partial charge on any atom is 0.0684 e. The van der Waals surface area contributed by atoms with Gasteiger partial charge in [-0.15, -0.1) is 6.42 Å². The molecule has 70 valence electrons. The molecule has 1 N–H and O–H groups in total. The zero-order valence-corrected chi connectivity index (χ0v) is 8.78. The largest absolute Gasteiger partial charge is 0.303 e. The summed E-state index contributed by atoms with van der Waals surface area (Å²) < 4.78 is 0. The van der Waals surface area contributed by atoms with Crippen LogP contribution in [0.5, 0.6) is 0 Å². The minimum Gasteiger partial charge on any atom is -0.303 e. The lowest BCUT2D eigenvalue weighted by atomic mass is 9.90. The molecule has 0 aliphatic carbocycles. The molecule has 0 radical (unpaired) electrons. The van der Waals surface area contributed by atoms with Crippen molar-refractivity contribution in [3.63, 3.8) is 0 Å². The Morgan fingerprint density at radius 2 is 2.00 bits per heavy atom. The van der Waals surface area contributed by atoms with Gasteiger partial charge < -0.3 is 5.32 Å². The predicted molar refractivity (Wildman–Crippen MR) is 55.0 cm³/mol. The van der Waals surface area contributed by atoms with Gasteiger partial charge in [0.25, 0.3) is 0 Å². The van der Waals surface area contributed by atoms with Crippen molar-refractivity contribution in [2.24, 2.45) is 5.41 Å². The Hall–Kier alpha value is -0.480. The third-order valence-corrected chi connectivity index (χ3v) is 2.39. The van der Waals surface area contributed by atoms with Crippen LogP contribution in [0.25, 0.3) is 0 Å². The molecule has 0 aliphatic rings.